The Morgan fingerprint density at radius 1 is 1.38 bits per heavy atom. The second kappa shape index (κ2) is 7.02. The Morgan fingerprint density at radius 3 is 2.81 bits per heavy atom. The van der Waals surface area contributed by atoms with Crippen LogP contribution in [0, 0.1) is 11.7 Å². The smallest absolute Gasteiger partial charge is 0.137 e. The minimum atomic E-state index is -0.173. The van der Waals surface area contributed by atoms with Gasteiger partial charge in [-0.15, -0.1) is 0 Å². The molecular weight excluding hydrogens is 269 g/mol. The van der Waals surface area contributed by atoms with E-state index < -0.39 is 0 Å². The van der Waals surface area contributed by atoms with Gasteiger partial charge in [0.25, 0.3) is 0 Å². The van der Waals surface area contributed by atoms with E-state index in [0.717, 1.165) is 31.5 Å². The van der Waals surface area contributed by atoms with Crippen LogP contribution in [0.3, 0.4) is 0 Å². The number of rotatable bonds is 6. The van der Waals surface area contributed by atoms with E-state index in [9.17, 15) is 4.39 Å². The Balaban J connectivity index is 2.29. The van der Waals surface area contributed by atoms with Crippen molar-refractivity contribution >= 4 is 15.9 Å². The van der Waals surface area contributed by atoms with Gasteiger partial charge in [-0.25, -0.2) is 4.39 Å². The lowest BCUT2D eigenvalue weighted by atomic mass is 10.1. The maximum Gasteiger partial charge on any atom is 0.137 e. The molecule has 1 N–H and O–H groups in total. The third-order valence-electron chi connectivity index (χ3n) is 2.38. The van der Waals surface area contributed by atoms with Gasteiger partial charge in [-0.1, -0.05) is 26.0 Å². The van der Waals surface area contributed by atoms with Crippen LogP contribution in [0.4, 0.5) is 4.39 Å². The van der Waals surface area contributed by atoms with Crippen LogP contribution in [0.15, 0.2) is 22.7 Å². The lowest BCUT2D eigenvalue weighted by Crippen LogP contribution is -2.21. The van der Waals surface area contributed by atoms with Crippen molar-refractivity contribution in [2.75, 3.05) is 13.1 Å². The first-order chi connectivity index (χ1) is 7.61. The molecule has 0 heterocycles. The Labute approximate surface area is 106 Å². The number of nitrogens with one attached hydrogen (secondary N) is 1. The van der Waals surface area contributed by atoms with E-state index >= 15 is 0 Å². The Morgan fingerprint density at radius 2 is 2.12 bits per heavy atom. The minimum Gasteiger partial charge on any atom is -0.316 e. The predicted molar refractivity (Wildman–Crippen MR) is 70.1 cm³/mol. The molecule has 3 heteroatoms. The first kappa shape index (κ1) is 13.7. The fourth-order valence-electron chi connectivity index (χ4n) is 1.54. The summed E-state index contributed by atoms with van der Waals surface area (Å²) in [6.07, 6.45) is 1.94. The number of benzene rings is 1. The molecule has 0 atom stereocenters. The summed E-state index contributed by atoms with van der Waals surface area (Å²) in [5.41, 5.74) is 1.05. The normalized spacial score (nSPS) is 11.1. The second-order valence-corrected chi connectivity index (χ2v) is 5.21. The molecule has 0 saturated carbocycles. The highest BCUT2D eigenvalue weighted by Crippen LogP contribution is 2.21. The van der Waals surface area contributed by atoms with E-state index in [1.807, 2.05) is 6.07 Å². The lowest BCUT2D eigenvalue weighted by Gasteiger charge is -2.08. The SMILES string of the molecule is CC(C)CNCCCc1cccc(F)c1Br. The molecule has 0 aliphatic heterocycles. The Kier molecular flexibility index (Phi) is 5.99. The molecule has 0 aliphatic rings. The summed E-state index contributed by atoms with van der Waals surface area (Å²) in [6, 6.07) is 5.21. The van der Waals surface area contributed by atoms with Crippen LogP contribution >= 0.6 is 15.9 Å². The van der Waals surface area contributed by atoms with Crippen LogP contribution in [-0.4, -0.2) is 13.1 Å². The van der Waals surface area contributed by atoms with Crippen LogP contribution in [0.25, 0.3) is 0 Å². The maximum absolute atomic E-state index is 13.2. The average molecular weight is 288 g/mol. The molecule has 0 aromatic heterocycles. The van der Waals surface area contributed by atoms with E-state index in [1.165, 1.54) is 6.07 Å². The molecular formula is C13H19BrFN. The van der Waals surface area contributed by atoms with Gasteiger partial charge in [0.05, 0.1) is 4.47 Å². The molecule has 0 unspecified atom stereocenters. The predicted octanol–water partition coefficient (Wildman–Crippen LogP) is 3.77. The third kappa shape index (κ3) is 4.62. The standard InChI is InChI=1S/C13H19BrFN/c1-10(2)9-16-8-4-6-11-5-3-7-12(15)13(11)14/h3,5,7,10,16H,4,6,8-9H2,1-2H3. The van der Waals surface area contributed by atoms with Gasteiger partial charge in [-0.05, 0) is 59.4 Å². The second-order valence-electron chi connectivity index (χ2n) is 4.41. The monoisotopic (exact) mass is 287 g/mol. The molecule has 0 saturated heterocycles. The van der Waals surface area contributed by atoms with Crippen molar-refractivity contribution in [1.29, 1.82) is 0 Å². The molecule has 0 bridgehead atoms. The van der Waals surface area contributed by atoms with Crippen molar-refractivity contribution in [3.05, 3.63) is 34.1 Å². The van der Waals surface area contributed by atoms with E-state index in [0.29, 0.717) is 10.4 Å². The Bertz CT molecular complexity index is 326. The molecule has 1 aromatic rings. The zero-order chi connectivity index (χ0) is 12.0. The molecule has 16 heavy (non-hydrogen) atoms. The maximum atomic E-state index is 13.2. The molecule has 0 amide bonds. The van der Waals surface area contributed by atoms with Crippen molar-refractivity contribution in [2.24, 2.45) is 5.92 Å². The van der Waals surface area contributed by atoms with Gasteiger partial charge in [0.15, 0.2) is 0 Å². The molecule has 0 radical (unpaired) electrons. The summed E-state index contributed by atoms with van der Waals surface area (Å²) in [7, 11) is 0. The number of hydrogen-bond donors (Lipinski definition) is 1. The average Bonchev–Trinajstić information content (AvgIpc) is 2.23. The van der Waals surface area contributed by atoms with Crippen LogP contribution in [-0.2, 0) is 6.42 Å². The van der Waals surface area contributed by atoms with E-state index in [-0.39, 0.29) is 5.82 Å². The van der Waals surface area contributed by atoms with Crippen molar-refractivity contribution in [3.8, 4) is 0 Å². The van der Waals surface area contributed by atoms with Crippen molar-refractivity contribution in [1.82, 2.24) is 5.32 Å². The molecule has 0 aliphatic carbocycles. The number of aryl methyl sites for hydroxylation is 1. The highest BCUT2D eigenvalue weighted by atomic mass is 79.9. The van der Waals surface area contributed by atoms with E-state index in [1.54, 1.807) is 6.07 Å². The topological polar surface area (TPSA) is 12.0 Å². The van der Waals surface area contributed by atoms with Crippen molar-refractivity contribution in [2.45, 2.75) is 26.7 Å². The van der Waals surface area contributed by atoms with E-state index in [2.05, 4.69) is 35.1 Å². The van der Waals surface area contributed by atoms with Gasteiger partial charge in [0.1, 0.15) is 5.82 Å². The van der Waals surface area contributed by atoms with Gasteiger partial charge >= 0.3 is 0 Å². The molecule has 1 rings (SSSR count). The molecule has 0 spiro atoms. The van der Waals surface area contributed by atoms with Crippen LogP contribution < -0.4 is 5.32 Å². The molecule has 1 nitrogen and oxygen atoms in total. The van der Waals surface area contributed by atoms with Crippen molar-refractivity contribution in [3.63, 3.8) is 0 Å². The molecule has 90 valence electrons. The highest BCUT2D eigenvalue weighted by molar-refractivity contribution is 9.10. The number of halogens is 2. The van der Waals surface area contributed by atoms with Crippen LogP contribution in [0.1, 0.15) is 25.8 Å². The summed E-state index contributed by atoms with van der Waals surface area (Å²) in [4.78, 5) is 0. The summed E-state index contributed by atoms with van der Waals surface area (Å²) in [5, 5.41) is 3.38. The van der Waals surface area contributed by atoms with Gasteiger partial charge in [0, 0.05) is 0 Å². The first-order valence-corrected chi connectivity index (χ1v) is 6.54. The summed E-state index contributed by atoms with van der Waals surface area (Å²) in [5.74, 6) is 0.508. The fourth-order valence-corrected chi connectivity index (χ4v) is 2.00. The van der Waals surface area contributed by atoms with Crippen LogP contribution in [0.5, 0.6) is 0 Å². The summed E-state index contributed by atoms with van der Waals surface area (Å²) >= 11 is 3.28. The van der Waals surface area contributed by atoms with Crippen molar-refractivity contribution < 1.29 is 4.39 Å². The van der Waals surface area contributed by atoms with Gasteiger partial charge in [-0.3, -0.25) is 0 Å². The van der Waals surface area contributed by atoms with Gasteiger partial charge < -0.3 is 5.32 Å². The van der Waals surface area contributed by atoms with Gasteiger partial charge in [-0.2, -0.15) is 0 Å². The molecule has 1 aromatic carbocycles. The third-order valence-corrected chi connectivity index (χ3v) is 3.27. The minimum absolute atomic E-state index is 0.173. The van der Waals surface area contributed by atoms with E-state index in [4.69, 9.17) is 0 Å². The zero-order valence-electron chi connectivity index (χ0n) is 9.89. The molecule has 0 fully saturated rings. The fraction of sp³-hybridized carbons (Fsp3) is 0.538. The zero-order valence-corrected chi connectivity index (χ0v) is 11.5. The van der Waals surface area contributed by atoms with Gasteiger partial charge in [0.2, 0.25) is 0 Å². The summed E-state index contributed by atoms with van der Waals surface area (Å²) < 4.78 is 13.8. The largest absolute Gasteiger partial charge is 0.316 e. The lowest BCUT2D eigenvalue weighted by molar-refractivity contribution is 0.542. The van der Waals surface area contributed by atoms with Crippen LogP contribution in [0.2, 0.25) is 0 Å². The summed E-state index contributed by atoms with van der Waals surface area (Å²) in [6.45, 7) is 6.41. The highest BCUT2D eigenvalue weighted by Gasteiger charge is 2.04. The quantitative estimate of drug-likeness (QED) is 0.786. The Hall–Kier alpha value is -0.410. The first-order valence-electron chi connectivity index (χ1n) is 5.75. The number of hydrogen-bond acceptors (Lipinski definition) is 1.